The molecule has 0 aliphatic rings. The molecule has 0 saturated heterocycles. The van der Waals surface area contributed by atoms with Gasteiger partial charge in [-0.25, -0.2) is 4.90 Å². The molecule has 0 spiro atoms. The minimum Gasteiger partial charge on any atom is -0.364 e. The summed E-state index contributed by atoms with van der Waals surface area (Å²) in [5.41, 5.74) is 0. The first-order chi connectivity index (χ1) is 6.67. The van der Waals surface area contributed by atoms with Crippen molar-refractivity contribution in [2.75, 3.05) is 13.2 Å². The summed E-state index contributed by atoms with van der Waals surface area (Å²) in [7, 11) is 0. The molecule has 1 radical (unpaired) electrons. The molecule has 2 atom stereocenters. The maximum atomic E-state index is 5.54. The monoisotopic (exact) mass is 202 g/mol. The second-order valence-corrected chi connectivity index (χ2v) is 3.15. The standard InChI is InChI=1S/C11H24NO2/c1-6-9-12(10(4)13-7-2)11(5)14-8-3/h9-11H,6-8H2,1-5H3. The van der Waals surface area contributed by atoms with Gasteiger partial charge < -0.3 is 9.47 Å². The fraction of sp³-hybridized carbons (Fsp3) is 0.909. The Balaban J connectivity index is 4.10. The summed E-state index contributed by atoms with van der Waals surface area (Å²) in [6.07, 6.45) is 1.16. The van der Waals surface area contributed by atoms with Crippen molar-refractivity contribution in [3.8, 4) is 0 Å². The van der Waals surface area contributed by atoms with Crippen molar-refractivity contribution in [2.24, 2.45) is 0 Å². The van der Waals surface area contributed by atoms with E-state index in [-0.39, 0.29) is 12.5 Å². The van der Waals surface area contributed by atoms with Crippen molar-refractivity contribution in [2.45, 2.75) is 53.5 Å². The van der Waals surface area contributed by atoms with Gasteiger partial charge in [-0.2, -0.15) is 0 Å². The quantitative estimate of drug-likeness (QED) is 0.565. The lowest BCUT2D eigenvalue weighted by molar-refractivity contribution is -0.122. The van der Waals surface area contributed by atoms with Gasteiger partial charge in [0, 0.05) is 19.8 Å². The van der Waals surface area contributed by atoms with Crippen LogP contribution in [0.1, 0.15) is 41.0 Å². The second-order valence-electron chi connectivity index (χ2n) is 3.15. The third-order valence-electron chi connectivity index (χ3n) is 2.05. The van der Waals surface area contributed by atoms with E-state index in [4.69, 9.17) is 9.47 Å². The van der Waals surface area contributed by atoms with Crippen LogP contribution in [0.5, 0.6) is 0 Å². The number of hydrogen-bond donors (Lipinski definition) is 0. The summed E-state index contributed by atoms with van der Waals surface area (Å²) in [6, 6.07) is 0. The molecular weight excluding hydrogens is 178 g/mol. The predicted molar refractivity (Wildman–Crippen MR) is 58.6 cm³/mol. The van der Waals surface area contributed by atoms with Crippen LogP contribution in [0, 0.1) is 6.54 Å². The van der Waals surface area contributed by atoms with Crippen LogP contribution in [0.3, 0.4) is 0 Å². The van der Waals surface area contributed by atoms with E-state index in [1.807, 2.05) is 27.7 Å². The Kier molecular flexibility index (Phi) is 8.14. The average molecular weight is 202 g/mol. The van der Waals surface area contributed by atoms with Crippen LogP contribution in [-0.4, -0.2) is 30.6 Å². The SMILES string of the molecule is CC[CH]N(C(C)OCC)C(C)OCC. The number of rotatable bonds is 8. The predicted octanol–water partition coefficient (Wildman–Crippen LogP) is 2.63. The topological polar surface area (TPSA) is 21.7 Å². The molecule has 0 aromatic rings. The molecule has 0 aromatic carbocycles. The zero-order chi connectivity index (χ0) is 11.0. The van der Waals surface area contributed by atoms with Crippen LogP contribution in [0.25, 0.3) is 0 Å². The zero-order valence-corrected chi connectivity index (χ0v) is 10.1. The zero-order valence-electron chi connectivity index (χ0n) is 10.1. The van der Waals surface area contributed by atoms with Gasteiger partial charge in [0.1, 0.15) is 12.5 Å². The molecule has 0 fully saturated rings. The number of ether oxygens (including phenoxy) is 2. The molecule has 3 heteroatoms. The molecule has 2 unspecified atom stereocenters. The van der Waals surface area contributed by atoms with Gasteiger partial charge in [0.05, 0.1) is 0 Å². The second kappa shape index (κ2) is 8.21. The molecule has 0 bridgehead atoms. The van der Waals surface area contributed by atoms with Crippen molar-refractivity contribution in [1.82, 2.24) is 4.90 Å². The highest BCUT2D eigenvalue weighted by Crippen LogP contribution is 2.12. The lowest BCUT2D eigenvalue weighted by atomic mass is 10.3. The van der Waals surface area contributed by atoms with E-state index in [2.05, 4.69) is 18.4 Å². The van der Waals surface area contributed by atoms with Crippen LogP contribution in [0.15, 0.2) is 0 Å². The van der Waals surface area contributed by atoms with E-state index < -0.39 is 0 Å². The minimum absolute atomic E-state index is 0.0847. The first kappa shape index (κ1) is 13.9. The van der Waals surface area contributed by atoms with Crippen molar-refractivity contribution in [1.29, 1.82) is 0 Å². The summed E-state index contributed by atoms with van der Waals surface area (Å²) >= 11 is 0. The van der Waals surface area contributed by atoms with Crippen molar-refractivity contribution < 1.29 is 9.47 Å². The molecule has 85 valence electrons. The van der Waals surface area contributed by atoms with E-state index in [9.17, 15) is 0 Å². The van der Waals surface area contributed by atoms with Gasteiger partial charge in [-0.05, 0) is 34.1 Å². The average Bonchev–Trinajstić information content (AvgIpc) is 2.14. The van der Waals surface area contributed by atoms with Crippen LogP contribution >= 0.6 is 0 Å². The highest BCUT2D eigenvalue weighted by molar-refractivity contribution is 4.70. The van der Waals surface area contributed by atoms with E-state index in [0.29, 0.717) is 0 Å². The Morgan fingerprint density at radius 2 is 1.43 bits per heavy atom. The molecule has 0 aliphatic carbocycles. The molecule has 0 aromatic heterocycles. The largest absolute Gasteiger partial charge is 0.364 e. The smallest absolute Gasteiger partial charge is 0.110 e. The Morgan fingerprint density at radius 3 is 1.71 bits per heavy atom. The summed E-state index contributed by atoms with van der Waals surface area (Å²) in [5, 5.41) is 0. The first-order valence-corrected chi connectivity index (χ1v) is 5.51. The molecule has 0 N–H and O–H groups in total. The van der Waals surface area contributed by atoms with Gasteiger partial charge in [-0.3, -0.25) is 0 Å². The molecule has 0 aliphatic heterocycles. The first-order valence-electron chi connectivity index (χ1n) is 5.51. The Bertz CT molecular complexity index is 118. The molecule has 0 heterocycles. The van der Waals surface area contributed by atoms with Crippen LogP contribution in [0.4, 0.5) is 0 Å². The van der Waals surface area contributed by atoms with Gasteiger partial charge >= 0.3 is 0 Å². The molecule has 3 nitrogen and oxygen atoms in total. The minimum atomic E-state index is 0.0847. The Labute approximate surface area is 88.4 Å². The number of nitrogens with zero attached hydrogens (tertiary/aromatic N) is 1. The molecule has 14 heavy (non-hydrogen) atoms. The molecule has 0 rings (SSSR count). The summed E-state index contributed by atoms with van der Waals surface area (Å²) in [4.78, 5) is 2.12. The van der Waals surface area contributed by atoms with Crippen molar-refractivity contribution in [3.63, 3.8) is 0 Å². The van der Waals surface area contributed by atoms with Crippen LogP contribution in [-0.2, 0) is 9.47 Å². The van der Waals surface area contributed by atoms with Gasteiger partial charge in [-0.15, -0.1) is 0 Å². The normalized spacial score (nSPS) is 15.9. The summed E-state index contributed by atoms with van der Waals surface area (Å²) in [5.74, 6) is 0. The van der Waals surface area contributed by atoms with Gasteiger partial charge in [0.2, 0.25) is 0 Å². The van der Waals surface area contributed by atoms with Gasteiger partial charge in [0.15, 0.2) is 0 Å². The number of hydrogen-bond acceptors (Lipinski definition) is 3. The molecule has 0 amide bonds. The molecular formula is C11H24NO2. The lowest BCUT2D eigenvalue weighted by Crippen LogP contribution is -2.41. The van der Waals surface area contributed by atoms with E-state index in [0.717, 1.165) is 19.6 Å². The molecule has 0 saturated carbocycles. The maximum Gasteiger partial charge on any atom is 0.110 e. The van der Waals surface area contributed by atoms with Crippen molar-refractivity contribution >= 4 is 0 Å². The van der Waals surface area contributed by atoms with E-state index >= 15 is 0 Å². The van der Waals surface area contributed by atoms with Gasteiger partial charge in [-0.1, -0.05) is 6.92 Å². The van der Waals surface area contributed by atoms with E-state index in [1.165, 1.54) is 0 Å². The van der Waals surface area contributed by atoms with Gasteiger partial charge in [0.25, 0.3) is 0 Å². The third-order valence-corrected chi connectivity index (χ3v) is 2.05. The lowest BCUT2D eigenvalue weighted by Gasteiger charge is -2.33. The fourth-order valence-electron chi connectivity index (χ4n) is 1.46. The van der Waals surface area contributed by atoms with E-state index in [1.54, 1.807) is 0 Å². The van der Waals surface area contributed by atoms with Crippen LogP contribution in [0.2, 0.25) is 0 Å². The third kappa shape index (κ3) is 4.94. The summed E-state index contributed by atoms with van der Waals surface area (Å²) in [6.45, 7) is 13.8. The van der Waals surface area contributed by atoms with Crippen LogP contribution < -0.4 is 0 Å². The van der Waals surface area contributed by atoms with Crippen molar-refractivity contribution in [3.05, 3.63) is 6.54 Å². The Morgan fingerprint density at radius 1 is 1.00 bits per heavy atom. The summed E-state index contributed by atoms with van der Waals surface area (Å²) < 4.78 is 11.1. The highest BCUT2D eigenvalue weighted by atomic mass is 16.5. The fourth-order valence-corrected chi connectivity index (χ4v) is 1.46. The maximum absolute atomic E-state index is 5.54. The highest BCUT2D eigenvalue weighted by Gasteiger charge is 2.19. The Hall–Kier alpha value is -0.120.